The summed E-state index contributed by atoms with van der Waals surface area (Å²) in [5, 5.41) is 9.37. The van der Waals surface area contributed by atoms with Crippen molar-refractivity contribution in [2.24, 2.45) is 5.41 Å². The van der Waals surface area contributed by atoms with Crippen LogP contribution in [0.4, 0.5) is 19.1 Å². The Morgan fingerprint density at radius 1 is 1.03 bits per heavy atom. The van der Waals surface area contributed by atoms with Gasteiger partial charge >= 0.3 is 6.18 Å². The van der Waals surface area contributed by atoms with E-state index in [0.29, 0.717) is 10.8 Å². The first-order chi connectivity index (χ1) is 16.6. The highest BCUT2D eigenvalue weighted by atomic mass is 35.5. The van der Waals surface area contributed by atoms with Gasteiger partial charge in [-0.1, -0.05) is 11.6 Å². The van der Waals surface area contributed by atoms with Gasteiger partial charge in [-0.05, 0) is 56.5 Å². The van der Waals surface area contributed by atoms with Gasteiger partial charge < -0.3 is 4.90 Å². The Kier molecular flexibility index (Phi) is 4.96. The van der Waals surface area contributed by atoms with Gasteiger partial charge in [0.15, 0.2) is 5.82 Å². The Hall–Kier alpha value is -2.72. The van der Waals surface area contributed by atoms with Crippen molar-refractivity contribution >= 4 is 17.5 Å². The zero-order chi connectivity index (χ0) is 24.6. The summed E-state index contributed by atoms with van der Waals surface area (Å²) in [7, 11) is 0. The van der Waals surface area contributed by atoms with Gasteiger partial charge in [-0.25, -0.2) is 9.97 Å². The number of rotatable bonds is 3. The topological polar surface area (TPSA) is 63.0 Å². The summed E-state index contributed by atoms with van der Waals surface area (Å²) in [6.45, 7) is 4.37. The molecule has 6 rings (SSSR count). The number of nitrogens with zero attached hydrogens (tertiary/aromatic N) is 7. The number of hydrogen-bond acceptors (Lipinski definition) is 6. The van der Waals surface area contributed by atoms with E-state index in [4.69, 9.17) is 11.6 Å². The molecule has 0 atom stereocenters. The molecule has 1 spiro atoms. The molecule has 7 nitrogen and oxygen atoms in total. The number of aromatic nitrogens is 5. The quantitative estimate of drug-likeness (QED) is 0.514. The van der Waals surface area contributed by atoms with Crippen molar-refractivity contribution in [2.45, 2.75) is 57.4 Å². The van der Waals surface area contributed by atoms with Crippen molar-refractivity contribution in [3.05, 3.63) is 58.9 Å². The molecule has 184 valence electrons. The largest absolute Gasteiger partial charge is 0.406 e. The van der Waals surface area contributed by atoms with Crippen LogP contribution in [0.3, 0.4) is 0 Å². The first-order valence-electron chi connectivity index (χ1n) is 11.6. The molecule has 0 N–H and O–H groups in total. The van der Waals surface area contributed by atoms with Crippen LogP contribution in [-0.2, 0) is 13.1 Å². The molecule has 1 aliphatic carbocycles. The Morgan fingerprint density at radius 3 is 2.43 bits per heavy atom. The van der Waals surface area contributed by atoms with E-state index in [-0.39, 0.29) is 24.4 Å². The van der Waals surface area contributed by atoms with Crippen LogP contribution in [0.5, 0.6) is 0 Å². The summed E-state index contributed by atoms with van der Waals surface area (Å²) in [5.41, 5.74) is -0.296. The van der Waals surface area contributed by atoms with Gasteiger partial charge in [-0.2, -0.15) is 13.2 Å². The summed E-state index contributed by atoms with van der Waals surface area (Å²) in [6.07, 6.45) is 0.998. The molecule has 4 heterocycles. The van der Waals surface area contributed by atoms with Gasteiger partial charge in [-0.3, -0.25) is 9.47 Å². The fraction of sp³-hybridized carbons (Fsp3) is 0.500. The van der Waals surface area contributed by atoms with Crippen LogP contribution < -0.4 is 4.90 Å². The van der Waals surface area contributed by atoms with Gasteiger partial charge in [0.1, 0.15) is 11.4 Å². The standard InChI is InChI=1S/C24H25ClF3N7/c1-22(2,24(26,27)28)34-11-15-8-17(25)4-5-18(15)35-19(12-34)31-32-20(35)16-9-23(10-16)13-33(14-23)21-29-6-3-7-30-21/h3-8,16H,9-14H2,1-2H3. The van der Waals surface area contributed by atoms with E-state index in [2.05, 4.69) is 25.1 Å². The number of alkyl halides is 3. The molecule has 1 aromatic carbocycles. The van der Waals surface area contributed by atoms with Gasteiger partial charge in [0, 0.05) is 48.4 Å². The third-order valence-electron chi connectivity index (χ3n) is 7.83. The lowest BCUT2D eigenvalue weighted by atomic mass is 9.57. The minimum Gasteiger partial charge on any atom is -0.340 e. The number of halogens is 4. The lowest BCUT2D eigenvalue weighted by Gasteiger charge is -2.58. The first-order valence-corrected chi connectivity index (χ1v) is 12.0. The zero-order valence-electron chi connectivity index (χ0n) is 19.4. The first kappa shape index (κ1) is 22.7. The summed E-state index contributed by atoms with van der Waals surface area (Å²) < 4.78 is 43.8. The molecular weight excluding hydrogens is 479 g/mol. The highest BCUT2D eigenvalue weighted by Crippen LogP contribution is 2.56. The number of anilines is 1. The molecular formula is C24H25ClF3N7. The normalized spacial score (nSPS) is 20.1. The van der Waals surface area contributed by atoms with Crippen molar-refractivity contribution in [2.75, 3.05) is 18.0 Å². The molecule has 0 bridgehead atoms. The fourth-order valence-electron chi connectivity index (χ4n) is 5.65. The van der Waals surface area contributed by atoms with E-state index in [9.17, 15) is 13.2 Å². The second-order valence-corrected chi connectivity index (χ2v) is 10.9. The van der Waals surface area contributed by atoms with Crippen LogP contribution in [0.25, 0.3) is 5.69 Å². The van der Waals surface area contributed by atoms with Gasteiger partial charge in [-0.15, -0.1) is 10.2 Å². The van der Waals surface area contributed by atoms with Crippen LogP contribution in [0.15, 0.2) is 36.7 Å². The van der Waals surface area contributed by atoms with Crippen molar-refractivity contribution in [3.8, 4) is 5.69 Å². The summed E-state index contributed by atoms with van der Waals surface area (Å²) >= 11 is 6.26. The molecule has 0 radical (unpaired) electrons. The molecule has 1 saturated heterocycles. The predicted octanol–water partition coefficient (Wildman–Crippen LogP) is 4.75. The molecule has 35 heavy (non-hydrogen) atoms. The van der Waals surface area contributed by atoms with E-state index < -0.39 is 11.7 Å². The van der Waals surface area contributed by atoms with E-state index >= 15 is 0 Å². The molecule has 2 fully saturated rings. The van der Waals surface area contributed by atoms with E-state index in [1.54, 1.807) is 30.6 Å². The molecule has 3 aliphatic rings. The highest BCUT2D eigenvalue weighted by molar-refractivity contribution is 6.30. The van der Waals surface area contributed by atoms with Crippen molar-refractivity contribution in [1.29, 1.82) is 0 Å². The van der Waals surface area contributed by atoms with Crippen molar-refractivity contribution in [3.63, 3.8) is 0 Å². The molecule has 1 saturated carbocycles. The third kappa shape index (κ3) is 3.60. The van der Waals surface area contributed by atoms with Crippen LogP contribution in [0.1, 0.15) is 49.8 Å². The van der Waals surface area contributed by atoms with E-state index in [1.165, 1.54) is 18.7 Å². The molecule has 2 aromatic heterocycles. The van der Waals surface area contributed by atoms with Crippen LogP contribution >= 0.6 is 11.6 Å². The summed E-state index contributed by atoms with van der Waals surface area (Å²) in [5.74, 6) is 2.28. The molecule has 0 unspecified atom stereocenters. The van der Waals surface area contributed by atoms with Crippen LogP contribution in [-0.4, -0.2) is 54.4 Å². The lowest BCUT2D eigenvalue weighted by molar-refractivity contribution is -0.224. The second kappa shape index (κ2) is 7.64. The van der Waals surface area contributed by atoms with Gasteiger partial charge in [0.05, 0.1) is 12.2 Å². The van der Waals surface area contributed by atoms with Crippen molar-refractivity contribution in [1.82, 2.24) is 29.6 Å². The predicted molar refractivity (Wildman–Crippen MR) is 124 cm³/mol. The number of benzene rings is 1. The lowest BCUT2D eigenvalue weighted by Crippen LogP contribution is -2.62. The Labute approximate surface area is 205 Å². The van der Waals surface area contributed by atoms with Gasteiger partial charge in [0.2, 0.25) is 5.95 Å². The van der Waals surface area contributed by atoms with Crippen LogP contribution in [0.2, 0.25) is 5.02 Å². The molecule has 0 amide bonds. The monoisotopic (exact) mass is 503 g/mol. The average Bonchev–Trinajstić information content (AvgIpc) is 3.06. The van der Waals surface area contributed by atoms with Crippen molar-refractivity contribution < 1.29 is 13.2 Å². The van der Waals surface area contributed by atoms with E-state index in [0.717, 1.165) is 49.0 Å². The maximum Gasteiger partial charge on any atom is 0.406 e. The smallest absolute Gasteiger partial charge is 0.340 e. The molecule has 2 aliphatic heterocycles. The minimum atomic E-state index is -4.40. The number of fused-ring (bicyclic) bond motifs is 3. The third-order valence-corrected chi connectivity index (χ3v) is 8.06. The maximum atomic E-state index is 13.9. The highest BCUT2D eigenvalue weighted by Gasteiger charge is 2.55. The summed E-state index contributed by atoms with van der Waals surface area (Å²) in [6, 6.07) is 7.19. The van der Waals surface area contributed by atoms with Crippen LogP contribution in [0, 0.1) is 5.41 Å². The molecule has 11 heteroatoms. The SMILES string of the molecule is CC(C)(N1Cc2cc(Cl)ccc2-n2c(nnc2C2CC3(C2)CN(c2ncccn2)C3)C1)C(F)(F)F. The molecule has 3 aromatic rings. The number of hydrogen-bond donors (Lipinski definition) is 0. The second-order valence-electron chi connectivity index (χ2n) is 10.5. The maximum absolute atomic E-state index is 13.9. The fourth-order valence-corrected chi connectivity index (χ4v) is 5.85. The minimum absolute atomic E-state index is 0.0444. The van der Waals surface area contributed by atoms with E-state index in [1.807, 2.05) is 10.6 Å². The Morgan fingerprint density at radius 2 is 1.74 bits per heavy atom. The Bertz CT molecular complexity index is 1260. The van der Waals surface area contributed by atoms with Gasteiger partial charge in [0.25, 0.3) is 0 Å². The zero-order valence-corrected chi connectivity index (χ0v) is 20.2. The Balaban J connectivity index is 1.29. The average molecular weight is 504 g/mol. The summed E-state index contributed by atoms with van der Waals surface area (Å²) in [4.78, 5) is 12.2.